The maximum atomic E-state index is 6.19. The minimum atomic E-state index is -0.0543. The topological polar surface area (TPSA) is 51.8 Å². The fourth-order valence-electron chi connectivity index (χ4n) is 1.64. The third kappa shape index (κ3) is 1.23. The molecule has 1 fully saturated rings. The van der Waals surface area contributed by atoms with E-state index in [-0.39, 0.29) is 11.0 Å². The fourth-order valence-corrected chi connectivity index (χ4v) is 1.64. The highest BCUT2D eigenvalue weighted by Gasteiger charge is 2.52. The van der Waals surface area contributed by atoms with Crippen molar-refractivity contribution in [2.45, 2.75) is 37.6 Å². The van der Waals surface area contributed by atoms with E-state index >= 15 is 0 Å². The molecule has 1 aliphatic rings. The highest BCUT2D eigenvalue weighted by molar-refractivity contribution is 5.25. The van der Waals surface area contributed by atoms with E-state index in [0.717, 1.165) is 18.5 Å². The van der Waals surface area contributed by atoms with Gasteiger partial charge in [0.15, 0.2) is 0 Å². The number of rotatable bonds is 2. The van der Waals surface area contributed by atoms with Crippen molar-refractivity contribution in [3.05, 3.63) is 24.3 Å². The molecule has 0 spiro atoms. The Kier molecular flexibility index (Phi) is 1.67. The summed E-state index contributed by atoms with van der Waals surface area (Å²) in [6, 6.07) is 0. The van der Waals surface area contributed by atoms with Gasteiger partial charge >= 0.3 is 0 Å². The molecule has 3 nitrogen and oxygen atoms in total. The second-order valence-corrected chi connectivity index (χ2v) is 4.37. The number of nitrogens with zero attached hydrogens (tertiary/aromatic N) is 2. The van der Waals surface area contributed by atoms with Crippen molar-refractivity contribution < 1.29 is 0 Å². The Balaban J connectivity index is 2.35. The molecule has 0 aliphatic heterocycles. The maximum absolute atomic E-state index is 6.19. The van der Waals surface area contributed by atoms with Gasteiger partial charge in [-0.2, -0.15) is 0 Å². The summed E-state index contributed by atoms with van der Waals surface area (Å²) in [5.74, 6) is 0. The van der Waals surface area contributed by atoms with Gasteiger partial charge in [0.05, 0.1) is 5.69 Å². The molecule has 0 saturated heterocycles. The normalized spacial score (nSPS) is 19.9. The molecule has 1 aliphatic carbocycles. The van der Waals surface area contributed by atoms with E-state index in [1.807, 2.05) is 6.20 Å². The van der Waals surface area contributed by atoms with Gasteiger partial charge in [0.2, 0.25) is 0 Å². The molecule has 1 aromatic heterocycles. The molecule has 2 rings (SSSR count). The van der Waals surface area contributed by atoms with Crippen LogP contribution in [0.5, 0.6) is 0 Å². The summed E-state index contributed by atoms with van der Waals surface area (Å²) < 4.78 is 0. The van der Waals surface area contributed by atoms with Crippen LogP contribution in [0.2, 0.25) is 0 Å². The van der Waals surface area contributed by atoms with Crippen LogP contribution in [-0.4, -0.2) is 15.5 Å². The van der Waals surface area contributed by atoms with Crippen molar-refractivity contribution in [3.8, 4) is 0 Å². The average Bonchev–Trinajstić information content (AvgIpc) is 2.87. The molecular formula is C10H15N3. The van der Waals surface area contributed by atoms with Gasteiger partial charge in [0, 0.05) is 29.5 Å². The van der Waals surface area contributed by atoms with Gasteiger partial charge in [-0.25, -0.2) is 0 Å². The van der Waals surface area contributed by atoms with E-state index in [1.54, 1.807) is 12.4 Å². The minimum Gasteiger partial charge on any atom is -0.324 e. The molecule has 13 heavy (non-hydrogen) atoms. The van der Waals surface area contributed by atoms with Gasteiger partial charge in [-0.05, 0) is 12.8 Å². The number of aromatic nitrogens is 2. The lowest BCUT2D eigenvalue weighted by atomic mass is 9.79. The standard InChI is InChI=1S/C10H15N3/c1-9(2,10(11)3-4-10)8-7-12-5-6-13-8/h5-7H,3-4,11H2,1-2H3. The third-order valence-corrected chi connectivity index (χ3v) is 3.24. The summed E-state index contributed by atoms with van der Waals surface area (Å²) in [5, 5.41) is 0. The van der Waals surface area contributed by atoms with E-state index in [1.165, 1.54) is 0 Å². The second-order valence-electron chi connectivity index (χ2n) is 4.37. The van der Waals surface area contributed by atoms with Crippen LogP contribution in [-0.2, 0) is 5.41 Å². The first kappa shape index (κ1) is 8.63. The van der Waals surface area contributed by atoms with Crippen LogP contribution in [0.25, 0.3) is 0 Å². The van der Waals surface area contributed by atoms with Crippen LogP contribution in [0.1, 0.15) is 32.4 Å². The Morgan fingerprint density at radius 1 is 1.38 bits per heavy atom. The predicted octanol–water partition coefficient (Wildman–Crippen LogP) is 1.25. The van der Waals surface area contributed by atoms with Crippen molar-refractivity contribution in [2.24, 2.45) is 5.73 Å². The lowest BCUT2D eigenvalue weighted by Gasteiger charge is -2.30. The van der Waals surface area contributed by atoms with E-state index < -0.39 is 0 Å². The molecule has 3 heteroatoms. The highest BCUT2D eigenvalue weighted by atomic mass is 14.9. The zero-order chi connectivity index (χ0) is 9.53. The van der Waals surface area contributed by atoms with Crippen LogP contribution in [0.4, 0.5) is 0 Å². The summed E-state index contributed by atoms with van der Waals surface area (Å²) >= 11 is 0. The number of hydrogen-bond acceptors (Lipinski definition) is 3. The van der Waals surface area contributed by atoms with Gasteiger partial charge in [0.1, 0.15) is 0 Å². The molecule has 1 aromatic rings. The number of hydrogen-bond donors (Lipinski definition) is 1. The maximum Gasteiger partial charge on any atom is 0.0661 e. The van der Waals surface area contributed by atoms with Crippen LogP contribution < -0.4 is 5.73 Å². The van der Waals surface area contributed by atoms with Crippen LogP contribution in [0.15, 0.2) is 18.6 Å². The Labute approximate surface area is 78.4 Å². The number of nitrogens with two attached hydrogens (primary N) is 1. The Morgan fingerprint density at radius 2 is 2.08 bits per heavy atom. The van der Waals surface area contributed by atoms with Crippen molar-refractivity contribution in [3.63, 3.8) is 0 Å². The third-order valence-electron chi connectivity index (χ3n) is 3.24. The van der Waals surface area contributed by atoms with Crippen molar-refractivity contribution >= 4 is 0 Å². The molecule has 0 bridgehead atoms. The smallest absolute Gasteiger partial charge is 0.0661 e. The molecule has 1 saturated carbocycles. The molecule has 0 amide bonds. The van der Waals surface area contributed by atoms with Gasteiger partial charge in [-0.3, -0.25) is 9.97 Å². The van der Waals surface area contributed by atoms with Crippen LogP contribution in [0, 0.1) is 0 Å². The summed E-state index contributed by atoms with van der Waals surface area (Å²) in [4.78, 5) is 8.39. The van der Waals surface area contributed by atoms with Gasteiger partial charge in [-0.15, -0.1) is 0 Å². The molecule has 0 unspecified atom stereocenters. The first-order chi connectivity index (χ1) is 6.06. The zero-order valence-electron chi connectivity index (χ0n) is 8.12. The monoisotopic (exact) mass is 177 g/mol. The quantitative estimate of drug-likeness (QED) is 0.739. The molecule has 0 aromatic carbocycles. The van der Waals surface area contributed by atoms with E-state index in [2.05, 4.69) is 23.8 Å². The summed E-state index contributed by atoms with van der Waals surface area (Å²) in [6.07, 6.45) is 7.42. The molecule has 0 atom stereocenters. The second kappa shape index (κ2) is 2.51. The lowest BCUT2D eigenvalue weighted by molar-refractivity contribution is 0.379. The summed E-state index contributed by atoms with van der Waals surface area (Å²) in [6.45, 7) is 4.29. The highest BCUT2D eigenvalue weighted by Crippen LogP contribution is 2.48. The zero-order valence-corrected chi connectivity index (χ0v) is 8.12. The summed E-state index contributed by atoms with van der Waals surface area (Å²) in [7, 11) is 0. The molecule has 2 N–H and O–H groups in total. The first-order valence-electron chi connectivity index (χ1n) is 4.62. The van der Waals surface area contributed by atoms with Gasteiger partial charge < -0.3 is 5.73 Å². The van der Waals surface area contributed by atoms with Crippen LogP contribution in [0.3, 0.4) is 0 Å². The molecule has 0 radical (unpaired) electrons. The molecular weight excluding hydrogens is 162 g/mol. The fraction of sp³-hybridized carbons (Fsp3) is 0.600. The largest absolute Gasteiger partial charge is 0.324 e. The Bertz CT molecular complexity index is 301. The lowest BCUT2D eigenvalue weighted by Crippen LogP contribution is -2.43. The van der Waals surface area contributed by atoms with E-state index in [0.29, 0.717) is 0 Å². The van der Waals surface area contributed by atoms with Crippen LogP contribution >= 0.6 is 0 Å². The van der Waals surface area contributed by atoms with Crippen molar-refractivity contribution in [1.82, 2.24) is 9.97 Å². The Hall–Kier alpha value is -0.960. The average molecular weight is 177 g/mol. The van der Waals surface area contributed by atoms with E-state index in [9.17, 15) is 0 Å². The van der Waals surface area contributed by atoms with Crippen molar-refractivity contribution in [2.75, 3.05) is 0 Å². The van der Waals surface area contributed by atoms with Crippen molar-refractivity contribution in [1.29, 1.82) is 0 Å². The SMILES string of the molecule is CC(C)(c1cnccn1)C1(N)CC1. The Morgan fingerprint density at radius 3 is 2.54 bits per heavy atom. The van der Waals surface area contributed by atoms with Gasteiger partial charge in [-0.1, -0.05) is 13.8 Å². The molecule has 1 heterocycles. The summed E-state index contributed by atoms with van der Waals surface area (Å²) in [5.41, 5.74) is 7.08. The minimum absolute atomic E-state index is 0.0525. The predicted molar refractivity (Wildman–Crippen MR) is 51.2 cm³/mol. The molecule has 70 valence electrons. The van der Waals surface area contributed by atoms with E-state index in [4.69, 9.17) is 5.73 Å². The van der Waals surface area contributed by atoms with Gasteiger partial charge in [0.25, 0.3) is 0 Å². The first-order valence-corrected chi connectivity index (χ1v) is 4.62.